The van der Waals surface area contributed by atoms with Crippen LogP contribution in [-0.2, 0) is 0 Å². The first-order valence-electron chi connectivity index (χ1n) is 4.39. The van der Waals surface area contributed by atoms with Crippen molar-refractivity contribution in [2.45, 2.75) is 0 Å². The van der Waals surface area contributed by atoms with Crippen molar-refractivity contribution in [1.29, 1.82) is 0 Å². The smallest absolute Gasteiger partial charge is 0.157 e. The molecule has 0 saturated heterocycles. The zero-order valence-corrected chi connectivity index (χ0v) is 8.65. The molecular weight excluding hydrogens is 200 g/mol. The summed E-state index contributed by atoms with van der Waals surface area (Å²) < 4.78 is 1.73. The zero-order chi connectivity index (χ0) is 9.97. The van der Waals surface area contributed by atoms with Crippen LogP contribution in [0.5, 0.6) is 0 Å². The van der Waals surface area contributed by atoms with Crippen LogP contribution in [-0.4, -0.2) is 34.1 Å². The molecule has 0 amide bonds. The summed E-state index contributed by atoms with van der Waals surface area (Å²) in [5.74, 6) is 1.52. The summed E-state index contributed by atoms with van der Waals surface area (Å²) in [5, 5.41) is 4.07. The minimum atomic E-state index is 0.600. The van der Waals surface area contributed by atoms with Gasteiger partial charge in [-0.1, -0.05) is 0 Å². The third-order valence-electron chi connectivity index (χ3n) is 2.05. The first kappa shape index (κ1) is 9.27. The van der Waals surface area contributed by atoms with Gasteiger partial charge in [-0.2, -0.15) is 5.10 Å². The Balaban J connectivity index is 2.33. The van der Waals surface area contributed by atoms with Crippen molar-refractivity contribution in [2.24, 2.45) is 0 Å². The second-order valence-corrected chi connectivity index (χ2v) is 3.41. The van der Waals surface area contributed by atoms with Gasteiger partial charge in [0.1, 0.15) is 5.82 Å². The van der Waals surface area contributed by atoms with Crippen LogP contribution in [0.15, 0.2) is 24.5 Å². The molecule has 0 radical (unpaired) electrons. The maximum Gasteiger partial charge on any atom is 0.157 e. The van der Waals surface area contributed by atoms with Crippen LogP contribution in [0, 0.1) is 0 Å². The second-order valence-electron chi connectivity index (χ2n) is 3.03. The summed E-state index contributed by atoms with van der Waals surface area (Å²) in [7, 11) is 1.97. The fourth-order valence-electron chi connectivity index (χ4n) is 1.26. The van der Waals surface area contributed by atoms with Crippen molar-refractivity contribution >= 4 is 23.1 Å². The molecule has 2 aromatic rings. The van der Waals surface area contributed by atoms with E-state index in [2.05, 4.69) is 10.1 Å². The molecule has 0 aliphatic heterocycles. The van der Waals surface area contributed by atoms with Crippen molar-refractivity contribution < 1.29 is 0 Å². The van der Waals surface area contributed by atoms with E-state index in [-0.39, 0.29) is 0 Å². The summed E-state index contributed by atoms with van der Waals surface area (Å²) in [6.45, 7) is 0.791. The maximum absolute atomic E-state index is 5.66. The van der Waals surface area contributed by atoms with E-state index in [1.165, 1.54) is 0 Å². The molecule has 0 unspecified atom stereocenters. The molecule has 0 saturated carbocycles. The molecule has 0 spiro atoms. The second kappa shape index (κ2) is 3.84. The highest BCUT2D eigenvalue weighted by atomic mass is 35.5. The standard InChI is InChI=1S/C9H11ClN4/c1-13(7-4-10)8-3-6-14-9(12-8)2-5-11-14/h2-3,5-6H,4,7H2,1H3. The lowest BCUT2D eigenvalue weighted by Crippen LogP contribution is -2.20. The van der Waals surface area contributed by atoms with E-state index in [0.29, 0.717) is 5.88 Å². The van der Waals surface area contributed by atoms with Crippen molar-refractivity contribution in [3.63, 3.8) is 0 Å². The predicted molar refractivity (Wildman–Crippen MR) is 57.0 cm³/mol. The highest BCUT2D eigenvalue weighted by molar-refractivity contribution is 6.18. The van der Waals surface area contributed by atoms with E-state index in [1.54, 1.807) is 10.7 Å². The Morgan fingerprint density at radius 3 is 3.14 bits per heavy atom. The van der Waals surface area contributed by atoms with E-state index in [0.717, 1.165) is 18.0 Å². The van der Waals surface area contributed by atoms with Crippen molar-refractivity contribution in [1.82, 2.24) is 14.6 Å². The summed E-state index contributed by atoms with van der Waals surface area (Å²) in [4.78, 5) is 6.44. The summed E-state index contributed by atoms with van der Waals surface area (Å²) in [5.41, 5.74) is 0.851. The molecule has 0 aliphatic rings. The van der Waals surface area contributed by atoms with Gasteiger partial charge >= 0.3 is 0 Å². The van der Waals surface area contributed by atoms with Crippen molar-refractivity contribution in [2.75, 3.05) is 24.4 Å². The highest BCUT2D eigenvalue weighted by Crippen LogP contribution is 2.09. The van der Waals surface area contributed by atoms with E-state index >= 15 is 0 Å². The molecule has 0 aromatic carbocycles. The number of rotatable bonds is 3. The van der Waals surface area contributed by atoms with Gasteiger partial charge in [0.2, 0.25) is 0 Å². The summed E-state index contributed by atoms with van der Waals surface area (Å²) in [6, 6.07) is 3.80. The van der Waals surface area contributed by atoms with Gasteiger partial charge in [-0.3, -0.25) is 0 Å². The van der Waals surface area contributed by atoms with Crippen LogP contribution in [0.25, 0.3) is 5.65 Å². The molecule has 2 heterocycles. The van der Waals surface area contributed by atoms with Crippen LogP contribution >= 0.6 is 11.6 Å². The Kier molecular flexibility index (Phi) is 2.54. The van der Waals surface area contributed by atoms with Crippen LogP contribution in [0.4, 0.5) is 5.82 Å². The Bertz CT molecular complexity index is 425. The number of fused-ring (bicyclic) bond motifs is 1. The van der Waals surface area contributed by atoms with Gasteiger partial charge in [-0.25, -0.2) is 9.50 Å². The van der Waals surface area contributed by atoms with E-state index in [4.69, 9.17) is 11.6 Å². The van der Waals surface area contributed by atoms with E-state index in [1.807, 2.05) is 30.3 Å². The van der Waals surface area contributed by atoms with Crippen LogP contribution in [0.1, 0.15) is 0 Å². The Labute approximate surface area is 87.1 Å². The normalized spacial score (nSPS) is 10.7. The number of halogens is 1. The Morgan fingerprint density at radius 2 is 2.36 bits per heavy atom. The lowest BCUT2D eigenvalue weighted by atomic mass is 10.5. The average Bonchev–Trinajstić information content (AvgIpc) is 2.64. The minimum Gasteiger partial charge on any atom is -0.358 e. The van der Waals surface area contributed by atoms with Crippen LogP contribution < -0.4 is 4.90 Å². The Hall–Kier alpha value is -1.29. The van der Waals surface area contributed by atoms with Gasteiger partial charge in [0, 0.05) is 31.7 Å². The number of hydrogen-bond donors (Lipinski definition) is 0. The molecule has 0 aliphatic carbocycles. The van der Waals surface area contributed by atoms with Crippen LogP contribution in [0.3, 0.4) is 0 Å². The molecule has 0 N–H and O–H groups in total. The quantitative estimate of drug-likeness (QED) is 0.719. The number of aromatic nitrogens is 3. The molecular formula is C9H11ClN4. The van der Waals surface area contributed by atoms with Gasteiger partial charge in [0.15, 0.2) is 5.65 Å². The largest absolute Gasteiger partial charge is 0.358 e. The van der Waals surface area contributed by atoms with Crippen LogP contribution in [0.2, 0.25) is 0 Å². The third-order valence-corrected chi connectivity index (χ3v) is 2.22. The molecule has 0 bridgehead atoms. The van der Waals surface area contributed by atoms with Gasteiger partial charge in [-0.15, -0.1) is 11.6 Å². The highest BCUT2D eigenvalue weighted by Gasteiger charge is 2.02. The lowest BCUT2D eigenvalue weighted by molar-refractivity contribution is 0.902. The fourth-order valence-corrected chi connectivity index (χ4v) is 1.51. The first-order valence-corrected chi connectivity index (χ1v) is 4.92. The summed E-state index contributed by atoms with van der Waals surface area (Å²) in [6.07, 6.45) is 3.62. The number of hydrogen-bond acceptors (Lipinski definition) is 3. The van der Waals surface area contributed by atoms with Gasteiger partial charge < -0.3 is 4.90 Å². The molecule has 4 nitrogen and oxygen atoms in total. The number of anilines is 1. The van der Waals surface area contributed by atoms with Crippen molar-refractivity contribution in [3.8, 4) is 0 Å². The first-order chi connectivity index (χ1) is 6.81. The lowest BCUT2D eigenvalue weighted by Gasteiger charge is -2.16. The third kappa shape index (κ3) is 1.65. The van der Waals surface area contributed by atoms with Crippen molar-refractivity contribution in [3.05, 3.63) is 24.5 Å². The minimum absolute atomic E-state index is 0.600. The SMILES string of the molecule is CN(CCCl)c1ccn2nccc2n1. The fraction of sp³-hybridized carbons (Fsp3) is 0.333. The van der Waals surface area contributed by atoms with Gasteiger partial charge in [-0.05, 0) is 6.07 Å². The number of alkyl halides is 1. The summed E-state index contributed by atoms with van der Waals surface area (Å²) >= 11 is 5.66. The average molecular weight is 211 g/mol. The molecule has 2 rings (SSSR count). The number of nitrogens with zero attached hydrogens (tertiary/aromatic N) is 4. The van der Waals surface area contributed by atoms with Gasteiger partial charge in [0.25, 0.3) is 0 Å². The molecule has 2 aromatic heterocycles. The van der Waals surface area contributed by atoms with E-state index in [9.17, 15) is 0 Å². The Morgan fingerprint density at radius 1 is 1.50 bits per heavy atom. The molecule has 14 heavy (non-hydrogen) atoms. The monoisotopic (exact) mass is 210 g/mol. The maximum atomic E-state index is 5.66. The predicted octanol–water partition coefficient (Wildman–Crippen LogP) is 1.40. The molecule has 0 atom stereocenters. The zero-order valence-electron chi connectivity index (χ0n) is 7.89. The van der Waals surface area contributed by atoms with E-state index < -0.39 is 0 Å². The van der Waals surface area contributed by atoms with Gasteiger partial charge in [0.05, 0.1) is 6.20 Å². The topological polar surface area (TPSA) is 33.4 Å². The molecule has 5 heteroatoms. The molecule has 0 fully saturated rings. The molecule has 74 valence electrons.